The molecule has 1 saturated heterocycles. The van der Waals surface area contributed by atoms with Crippen molar-refractivity contribution in [3.8, 4) is 22.9 Å². The minimum Gasteiger partial charge on any atom is -0.497 e. The Morgan fingerprint density at radius 2 is 1.70 bits per heavy atom. The molecule has 2 aromatic heterocycles. The fourth-order valence-corrected chi connectivity index (χ4v) is 4.58. The Balaban J connectivity index is 1.59. The highest BCUT2D eigenvalue weighted by Gasteiger charge is 2.23. The van der Waals surface area contributed by atoms with Gasteiger partial charge in [-0.3, -0.25) is 4.98 Å². The smallest absolute Gasteiger partial charge is 0.151 e. The number of hydrogen-bond acceptors (Lipinski definition) is 6. The number of aromatic nitrogens is 2. The Morgan fingerprint density at radius 1 is 0.939 bits per heavy atom. The Hall–Kier alpha value is -3.82. The molecule has 0 saturated carbocycles. The lowest BCUT2D eigenvalue weighted by Gasteiger charge is -2.37. The Kier molecular flexibility index (Phi) is 5.72. The van der Waals surface area contributed by atoms with Gasteiger partial charge < -0.3 is 14.5 Å². The van der Waals surface area contributed by atoms with Crippen LogP contribution in [0.4, 0.5) is 11.5 Å². The maximum atomic E-state index is 10.0. The molecule has 3 heterocycles. The fraction of sp³-hybridized carbons (Fsp3) is 0.192. The van der Waals surface area contributed by atoms with Crippen molar-refractivity contribution in [1.82, 2.24) is 9.97 Å². The topological polar surface area (TPSA) is 65.3 Å². The van der Waals surface area contributed by atoms with Crippen LogP contribution in [0.5, 0.6) is 5.75 Å². The summed E-state index contributed by atoms with van der Waals surface area (Å²) in [6.07, 6.45) is 3.63. The monoisotopic (exact) mass is 455 g/mol. The van der Waals surface area contributed by atoms with Gasteiger partial charge in [0.05, 0.1) is 7.11 Å². The summed E-state index contributed by atoms with van der Waals surface area (Å²) >= 11 is 6.27. The molecular weight excluding hydrogens is 434 g/mol. The van der Waals surface area contributed by atoms with E-state index in [1.165, 1.54) is 5.69 Å². The van der Waals surface area contributed by atoms with E-state index in [1.54, 1.807) is 7.11 Å². The van der Waals surface area contributed by atoms with Gasteiger partial charge in [-0.15, -0.1) is 0 Å². The number of anilines is 2. The highest BCUT2D eigenvalue weighted by atomic mass is 35.5. The van der Waals surface area contributed by atoms with Crippen molar-refractivity contribution in [3.05, 3.63) is 77.7 Å². The van der Waals surface area contributed by atoms with Crippen LogP contribution in [0.15, 0.2) is 67.0 Å². The second-order valence-electron chi connectivity index (χ2n) is 7.87. The Morgan fingerprint density at radius 3 is 2.39 bits per heavy atom. The molecule has 6 nitrogen and oxygen atoms in total. The second-order valence-corrected chi connectivity index (χ2v) is 8.31. The number of halogens is 1. The van der Waals surface area contributed by atoms with Crippen molar-refractivity contribution >= 4 is 33.9 Å². The third kappa shape index (κ3) is 4.04. The van der Waals surface area contributed by atoms with Crippen molar-refractivity contribution in [1.29, 1.82) is 5.26 Å². The summed E-state index contributed by atoms with van der Waals surface area (Å²) in [6, 6.07) is 19.9. The number of fused-ring (bicyclic) bond motifs is 1. The zero-order chi connectivity index (χ0) is 22.8. The zero-order valence-corrected chi connectivity index (χ0v) is 19.0. The van der Waals surface area contributed by atoms with Gasteiger partial charge in [0, 0.05) is 60.2 Å². The van der Waals surface area contributed by atoms with E-state index in [1.807, 2.05) is 67.0 Å². The first-order valence-corrected chi connectivity index (χ1v) is 11.1. The van der Waals surface area contributed by atoms with E-state index in [0.29, 0.717) is 10.7 Å². The van der Waals surface area contributed by atoms with E-state index in [9.17, 15) is 5.26 Å². The number of benzene rings is 2. The van der Waals surface area contributed by atoms with Crippen LogP contribution in [-0.4, -0.2) is 43.3 Å². The number of methoxy groups -OCH3 is 1. The first-order chi connectivity index (χ1) is 16.2. The molecule has 164 valence electrons. The quantitative estimate of drug-likeness (QED) is 0.423. The van der Waals surface area contributed by atoms with E-state index in [2.05, 4.69) is 20.9 Å². The van der Waals surface area contributed by atoms with Crippen LogP contribution < -0.4 is 14.5 Å². The lowest BCUT2D eigenvalue weighted by molar-refractivity contribution is 0.415. The molecule has 0 aliphatic carbocycles. The molecule has 5 rings (SSSR count). The van der Waals surface area contributed by atoms with Crippen LogP contribution in [0.1, 0.15) is 5.69 Å². The van der Waals surface area contributed by atoms with Crippen LogP contribution in [0.25, 0.3) is 21.9 Å². The molecule has 33 heavy (non-hydrogen) atoms. The Labute approximate surface area is 197 Å². The van der Waals surface area contributed by atoms with E-state index in [0.717, 1.165) is 59.6 Å². The summed E-state index contributed by atoms with van der Waals surface area (Å²) in [5, 5.41) is 12.6. The molecule has 1 fully saturated rings. The lowest BCUT2D eigenvalue weighted by Crippen LogP contribution is -2.47. The number of rotatable bonds is 4. The van der Waals surface area contributed by atoms with Crippen LogP contribution >= 0.6 is 11.6 Å². The van der Waals surface area contributed by atoms with Gasteiger partial charge >= 0.3 is 0 Å². The van der Waals surface area contributed by atoms with E-state index >= 15 is 0 Å². The molecule has 0 spiro atoms. The number of nitriles is 1. The SMILES string of the molecule is COc1ccc2c(N3CCN(c4ccncc4)CC3)nc(C#N)c(-c3cccc(Cl)c3)c2c1. The molecule has 2 aromatic carbocycles. The first-order valence-electron chi connectivity index (χ1n) is 10.8. The van der Waals surface area contributed by atoms with Gasteiger partial charge in [0.25, 0.3) is 0 Å². The van der Waals surface area contributed by atoms with Crippen molar-refractivity contribution < 1.29 is 4.74 Å². The molecule has 0 radical (unpaired) electrons. The number of piperazine rings is 1. The number of pyridine rings is 2. The standard InChI is InChI=1S/C26H22ClN5O/c1-33-21-5-6-22-23(16-21)25(18-3-2-4-19(27)15-18)24(17-28)30-26(22)32-13-11-31(12-14-32)20-7-9-29-10-8-20/h2-10,15-16H,11-14H2,1H3. The van der Waals surface area contributed by atoms with Gasteiger partial charge in [0.1, 0.15) is 17.6 Å². The first kappa shape index (κ1) is 21.0. The summed E-state index contributed by atoms with van der Waals surface area (Å²) in [4.78, 5) is 13.6. The summed E-state index contributed by atoms with van der Waals surface area (Å²) in [7, 11) is 1.64. The third-order valence-electron chi connectivity index (χ3n) is 6.02. The summed E-state index contributed by atoms with van der Waals surface area (Å²) < 4.78 is 5.50. The number of nitrogens with zero attached hydrogens (tertiary/aromatic N) is 5. The van der Waals surface area contributed by atoms with Gasteiger partial charge in [0.15, 0.2) is 5.69 Å². The molecular formula is C26H22ClN5O. The predicted molar refractivity (Wildman–Crippen MR) is 132 cm³/mol. The van der Waals surface area contributed by atoms with Gasteiger partial charge in [-0.25, -0.2) is 4.98 Å². The van der Waals surface area contributed by atoms with Gasteiger partial charge in [-0.1, -0.05) is 23.7 Å². The maximum Gasteiger partial charge on any atom is 0.151 e. The number of hydrogen-bond donors (Lipinski definition) is 0. The summed E-state index contributed by atoms with van der Waals surface area (Å²) in [5.74, 6) is 1.55. The van der Waals surface area contributed by atoms with Crippen LogP contribution in [0.3, 0.4) is 0 Å². The molecule has 0 N–H and O–H groups in total. The molecule has 1 aliphatic rings. The molecule has 7 heteroatoms. The minimum atomic E-state index is 0.379. The summed E-state index contributed by atoms with van der Waals surface area (Å²) in [5.41, 5.74) is 3.18. The predicted octanol–water partition coefficient (Wildman–Crippen LogP) is 5.16. The van der Waals surface area contributed by atoms with Crippen LogP contribution in [0.2, 0.25) is 5.02 Å². The molecule has 4 aromatic rings. The molecule has 0 amide bonds. The largest absolute Gasteiger partial charge is 0.497 e. The van der Waals surface area contributed by atoms with Crippen molar-refractivity contribution in [3.63, 3.8) is 0 Å². The highest BCUT2D eigenvalue weighted by Crippen LogP contribution is 2.38. The average molecular weight is 456 g/mol. The van der Waals surface area contributed by atoms with Crippen molar-refractivity contribution in [2.45, 2.75) is 0 Å². The lowest BCUT2D eigenvalue weighted by atomic mass is 9.96. The molecule has 0 atom stereocenters. The average Bonchev–Trinajstić information content (AvgIpc) is 2.88. The maximum absolute atomic E-state index is 10.0. The van der Waals surface area contributed by atoms with E-state index < -0.39 is 0 Å². The number of ether oxygens (including phenoxy) is 1. The normalized spacial score (nSPS) is 13.7. The third-order valence-corrected chi connectivity index (χ3v) is 6.25. The molecule has 1 aliphatic heterocycles. The van der Waals surface area contributed by atoms with Gasteiger partial charge in [-0.05, 0) is 53.4 Å². The highest BCUT2D eigenvalue weighted by molar-refractivity contribution is 6.31. The van der Waals surface area contributed by atoms with Gasteiger partial charge in [-0.2, -0.15) is 5.26 Å². The van der Waals surface area contributed by atoms with Crippen LogP contribution in [-0.2, 0) is 0 Å². The Bertz CT molecular complexity index is 1340. The van der Waals surface area contributed by atoms with Gasteiger partial charge in [0.2, 0.25) is 0 Å². The second kappa shape index (κ2) is 8.97. The minimum absolute atomic E-state index is 0.379. The zero-order valence-electron chi connectivity index (χ0n) is 18.2. The molecule has 0 bridgehead atoms. The van der Waals surface area contributed by atoms with Crippen LogP contribution in [0, 0.1) is 11.3 Å². The van der Waals surface area contributed by atoms with E-state index in [4.69, 9.17) is 21.3 Å². The van der Waals surface area contributed by atoms with E-state index in [-0.39, 0.29) is 0 Å². The summed E-state index contributed by atoms with van der Waals surface area (Å²) in [6.45, 7) is 3.33. The van der Waals surface area contributed by atoms with Crippen molar-refractivity contribution in [2.75, 3.05) is 43.1 Å². The van der Waals surface area contributed by atoms with Crippen molar-refractivity contribution in [2.24, 2.45) is 0 Å². The molecule has 0 unspecified atom stereocenters. The fourth-order valence-electron chi connectivity index (χ4n) is 4.39.